The van der Waals surface area contributed by atoms with Gasteiger partial charge in [-0.1, -0.05) is 18.2 Å². The summed E-state index contributed by atoms with van der Waals surface area (Å²) >= 11 is 0. The minimum atomic E-state index is -0.0730. The zero-order valence-electron chi connectivity index (χ0n) is 12.4. The SMILES string of the molecule is N#Cc1ccc(OC2CN(C(=O)COc3ccccc3)C2)nc1. The molecule has 1 aliphatic heterocycles. The second-order valence-electron chi connectivity index (χ2n) is 5.14. The highest BCUT2D eigenvalue weighted by Crippen LogP contribution is 2.17. The summed E-state index contributed by atoms with van der Waals surface area (Å²) in [5.74, 6) is 1.07. The van der Waals surface area contributed by atoms with Crippen LogP contribution in [0.5, 0.6) is 11.6 Å². The van der Waals surface area contributed by atoms with Crippen LogP contribution < -0.4 is 9.47 Å². The van der Waals surface area contributed by atoms with Crippen LogP contribution in [0.1, 0.15) is 5.56 Å². The standard InChI is InChI=1S/C17H15N3O3/c18-8-13-6-7-16(19-9-13)23-15-10-20(11-15)17(21)12-22-14-4-2-1-3-5-14/h1-7,9,15H,10-12H2. The molecule has 1 saturated heterocycles. The minimum Gasteiger partial charge on any atom is -0.484 e. The van der Waals surface area contributed by atoms with E-state index >= 15 is 0 Å². The molecule has 0 saturated carbocycles. The number of nitriles is 1. The zero-order chi connectivity index (χ0) is 16.1. The van der Waals surface area contributed by atoms with Crippen LogP contribution in [0.2, 0.25) is 0 Å². The van der Waals surface area contributed by atoms with Crippen molar-refractivity contribution in [1.29, 1.82) is 5.26 Å². The number of ether oxygens (including phenoxy) is 2. The van der Waals surface area contributed by atoms with Gasteiger partial charge in [-0.2, -0.15) is 5.26 Å². The normalized spacial score (nSPS) is 13.8. The van der Waals surface area contributed by atoms with Crippen molar-refractivity contribution in [3.8, 4) is 17.7 Å². The van der Waals surface area contributed by atoms with Crippen molar-refractivity contribution >= 4 is 5.91 Å². The number of benzene rings is 1. The van der Waals surface area contributed by atoms with Gasteiger partial charge in [0.2, 0.25) is 5.88 Å². The smallest absolute Gasteiger partial charge is 0.260 e. The lowest BCUT2D eigenvalue weighted by atomic mass is 10.1. The molecule has 6 heteroatoms. The summed E-state index contributed by atoms with van der Waals surface area (Å²) in [5.41, 5.74) is 0.487. The van der Waals surface area contributed by atoms with E-state index in [4.69, 9.17) is 14.7 Å². The number of carbonyl (C=O) groups excluding carboxylic acids is 1. The Morgan fingerprint density at radius 1 is 1.26 bits per heavy atom. The number of carbonyl (C=O) groups is 1. The maximum absolute atomic E-state index is 12.0. The molecule has 0 atom stereocenters. The monoisotopic (exact) mass is 309 g/mol. The molecule has 0 radical (unpaired) electrons. The van der Waals surface area contributed by atoms with Crippen molar-refractivity contribution in [2.24, 2.45) is 0 Å². The summed E-state index contributed by atoms with van der Waals surface area (Å²) in [6.45, 7) is 1.04. The second kappa shape index (κ2) is 6.79. The third-order valence-electron chi connectivity index (χ3n) is 3.46. The average Bonchev–Trinajstić information content (AvgIpc) is 2.57. The number of hydrogen-bond donors (Lipinski definition) is 0. The van der Waals surface area contributed by atoms with Gasteiger partial charge in [0.15, 0.2) is 6.61 Å². The van der Waals surface area contributed by atoms with E-state index in [0.717, 1.165) is 0 Å². The fourth-order valence-electron chi connectivity index (χ4n) is 2.16. The van der Waals surface area contributed by atoms with E-state index in [9.17, 15) is 4.79 Å². The summed E-state index contributed by atoms with van der Waals surface area (Å²) in [5, 5.41) is 8.71. The Morgan fingerprint density at radius 3 is 2.70 bits per heavy atom. The van der Waals surface area contributed by atoms with Gasteiger partial charge in [-0.3, -0.25) is 4.79 Å². The first-order valence-corrected chi connectivity index (χ1v) is 7.23. The predicted molar refractivity (Wildman–Crippen MR) is 81.9 cm³/mol. The van der Waals surface area contributed by atoms with E-state index in [0.29, 0.717) is 30.3 Å². The van der Waals surface area contributed by atoms with Crippen LogP contribution in [0.15, 0.2) is 48.7 Å². The molecule has 1 aliphatic rings. The van der Waals surface area contributed by atoms with Crippen molar-refractivity contribution in [2.75, 3.05) is 19.7 Å². The first-order valence-electron chi connectivity index (χ1n) is 7.23. The minimum absolute atomic E-state index is 0.0197. The fraction of sp³-hybridized carbons (Fsp3) is 0.235. The molecule has 0 spiro atoms. The van der Waals surface area contributed by atoms with Gasteiger partial charge in [0.1, 0.15) is 17.9 Å². The third-order valence-corrected chi connectivity index (χ3v) is 3.46. The summed E-state index contributed by atoms with van der Waals surface area (Å²) in [6.07, 6.45) is 1.39. The molecule has 1 aromatic heterocycles. The molecular formula is C17H15N3O3. The molecule has 0 N–H and O–H groups in total. The number of aromatic nitrogens is 1. The number of rotatable bonds is 5. The lowest BCUT2D eigenvalue weighted by molar-refractivity contribution is -0.142. The highest BCUT2D eigenvalue weighted by Gasteiger charge is 2.32. The largest absolute Gasteiger partial charge is 0.484 e. The van der Waals surface area contributed by atoms with Gasteiger partial charge in [0, 0.05) is 12.3 Å². The Bertz CT molecular complexity index is 704. The van der Waals surface area contributed by atoms with Crippen LogP contribution in [0.4, 0.5) is 0 Å². The van der Waals surface area contributed by atoms with E-state index in [2.05, 4.69) is 4.98 Å². The van der Waals surface area contributed by atoms with Gasteiger partial charge in [-0.15, -0.1) is 0 Å². The second-order valence-corrected chi connectivity index (χ2v) is 5.14. The highest BCUT2D eigenvalue weighted by molar-refractivity contribution is 5.78. The van der Waals surface area contributed by atoms with Crippen molar-refractivity contribution in [1.82, 2.24) is 9.88 Å². The van der Waals surface area contributed by atoms with E-state index in [1.165, 1.54) is 6.20 Å². The number of para-hydroxylation sites is 1. The van der Waals surface area contributed by atoms with E-state index in [-0.39, 0.29) is 18.6 Å². The molecule has 6 nitrogen and oxygen atoms in total. The molecule has 1 aromatic carbocycles. The summed E-state index contributed by atoms with van der Waals surface area (Å²) in [4.78, 5) is 17.7. The van der Waals surface area contributed by atoms with Gasteiger partial charge in [0.05, 0.1) is 18.7 Å². The lowest BCUT2D eigenvalue weighted by Crippen LogP contribution is -2.57. The van der Waals surface area contributed by atoms with Crippen LogP contribution in [0, 0.1) is 11.3 Å². The molecule has 0 bridgehead atoms. The summed E-state index contributed by atoms with van der Waals surface area (Å²) in [7, 11) is 0. The Balaban J connectivity index is 1.41. The fourth-order valence-corrected chi connectivity index (χ4v) is 2.16. The maximum Gasteiger partial charge on any atom is 0.260 e. The molecule has 0 unspecified atom stereocenters. The lowest BCUT2D eigenvalue weighted by Gasteiger charge is -2.38. The van der Waals surface area contributed by atoms with Gasteiger partial charge >= 0.3 is 0 Å². The van der Waals surface area contributed by atoms with E-state index < -0.39 is 0 Å². The van der Waals surface area contributed by atoms with Crippen molar-refractivity contribution in [3.05, 3.63) is 54.2 Å². The van der Waals surface area contributed by atoms with Crippen LogP contribution in [0.25, 0.3) is 0 Å². The van der Waals surface area contributed by atoms with Crippen molar-refractivity contribution < 1.29 is 14.3 Å². The molecular weight excluding hydrogens is 294 g/mol. The molecule has 3 rings (SSSR count). The molecule has 116 valence electrons. The van der Waals surface area contributed by atoms with Gasteiger partial charge in [-0.05, 0) is 18.2 Å². The van der Waals surface area contributed by atoms with Crippen LogP contribution >= 0.6 is 0 Å². The maximum atomic E-state index is 12.0. The Kier molecular flexibility index (Phi) is 4.39. The summed E-state index contributed by atoms with van der Waals surface area (Å²) in [6, 6.07) is 14.5. The molecule has 2 aromatic rings. The van der Waals surface area contributed by atoms with Gasteiger partial charge in [0.25, 0.3) is 5.91 Å². The highest BCUT2D eigenvalue weighted by atomic mass is 16.5. The number of amides is 1. The number of pyridine rings is 1. The Hall–Kier alpha value is -3.07. The van der Waals surface area contributed by atoms with E-state index in [1.54, 1.807) is 17.0 Å². The zero-order valence-corrected chi connectivity index (χ0v) is 12.4. The number of likely N-dealkylation sites (tertiary alicyclic amines) is 1. The molecule has 1 amide bonds. The first-order chi connectivity index (χ1) is 11.2. The van der Waals surface area contributed by atoms with Crippen LogP contribution in [-0.4, -0.2) is 41.6 Å². The molecule has 23 heavy (non-hydrogen) atoms. The topological polar surface area (TPSA) is 75.5 Å². The molecule has 0 aliphatic carbocycles. The number of nitrogens with zero attached hydrogens (tertiary/aromatic N) is 3. The Morgan fingerprint density at radius 2 is 2.04 bits per heavy atom. The van der Waals surface area contributed by atoms with Crippen LogP contribution in [0.3, 0.4) is 0 Å². The van der Waals surface area contributed by atoms with Crippen LogP contribution in [-0.2, 0) is 4.79 Å². The average molecular weight is 309 g/mol. The quantitative estimate of drug-likeness (QED) is 0.839. The van der Waals surface area contributed by atoms with Crippen molar-refractivity contribution in [3.63, 3.8) is 0 Å². The number of hydrogen-bond acceptors (Lipinski definition) is 5. The first kappa shape index (κ1) is 14.9. The van der Waals surface area contributed by atoms with Gasteiger partial charge < -0.3 is 14.4 Å². The Labute approximate surface area is 133 Å². The predicted octanol–water partition coefficient (Wildman–Crippen LogP) is 1.62. The third kappa shape index (κ3) is 3.77. The van der Waals surface area contributed by atoms with Crippen molar-refractivity contribution in [2.45, 2.75) is 6.10 Å². The van der Waals surface area contributed by atoms with Gasteiger partial charge in [-0.25, -0.2) is 4.98 Å². The molecule has 1 fully saturated rings. The van der Waals surface area contributed by atoms with E-state index in [1.807, 2.05) is 36.4 Å². The summed E-state index contributed by atoms with van der Waals surface area (Å²) < 4.78 is 11.1. The molecule has 2 heterocycles.